The van der Waals surface area contributed by atoms with E-state index in [2.05, 4.69) is 6.58 Å². The van der Waals surface area contributed by atoms with Gasteiger partial charge < -0.3 is 14.6 Å². The summed E-state index contributed by atoms with van der Waals surface area (Å²) in [6, 6.07) is 0. The van der Waals surface area contributed by atoms with E-state index in [-0.39, 0.29) is 18.0 Å². The minimum Gasteiger partial charge on any atom is -0.390 e. The topological polar surface area (TPSA) is 38.7 Å². The van der Waals surface area contributed by atoms with Crippen molar-refractivity contribution in [3.8, 4) is 0 Å². The second-order valence-electron chi connectivity index (χ2n) is 6.45. The molecule has 0 spiro atoms. The molecule has 0 amide bonds. The van der Waals surface area contributed by atoms with Gasteiger partial charge in [0.25, 0.3) is 0 Å². The van der Waals surface area contributed by atoms with Crippen LogP contribution in [0.4, 0.5) is 0 Å². The van der Waals surface area contributed by atoms with Crippen molar-refractivity contribution in [3.63, 3.8) is 0 Å². The van der Waals surface area contributed by atoms with Crippen molar-refractivity contribution < 1.29 is 14.6 Å². The molecule has 0 aromatic heterocycles. The van der Waals surface area contributed by atoms with Gasteiger partial charge in [-0.15, -0.1) is 6.58 Å². The first-order valence-corrected chi connectivity index (χ1v) is 7.83. The molecule has 0 radical (unpaired) electrons. The average molecular weight is 266 g/mol. The van der Waals surface area contributed by atoms with Gasteiger partial charge in [0.15, 0.2) is 6.29 Å². The Morgan fingerprint density at radius 2 is 2.26 bits per heavy atom. The van der Waals surface area contributed by atoms with Gasteiger partial charge in [-0.25, -0.2) is 0 Å². The lowest BCUT2D eigenvalue weighted by Gasteiger charge is -2.36. The molecule has 0 aromatic rings. The summed E-state index contributed by atoms with van der Waals surface area (Å²) in [5.74, 6) is 0.942. The lowest BCUT2D eigenvalue weighted by atomic mass is 9.81. The molecule has 5 atom stereocenters. The van der Waals surface area contributed by atoms with Crippen LogP contribution in [0.3, 0.4) is 0 Å². The van der Waals surface area contributed by atoms with Crippen LogP contribution < -0.4 is 0 Å². The maximum absolute atomic E-state index is 10.3. The molecule has 19 heavy (non-hydrogen) atoms. The summed E-state index contributed by atoms with van der Waals surface area (Å²) in [6.07, 6.45) is 10.6. The van der Waals surface area contributed by atoms with Gasteiger partial charge in [-0.05, 0) is 63.2 Å². The Morgan fingerprint density at radius 3 is 3.00 bits per heavy atom. The van der Waals surface area contributed by atoms with E-state index in [1.165, 1.54) is 6.42 Å². The zero-order valence-corrected chi connectivity index (χ0v) is 11.7. The van der Waals surface area contributed by atoms with Crippen molar-refractivity contribution in [2.24, 2.45) is 11.8 Å². The molecule has 0 bridgehead atoms. The fourth-order valence-corrected chi connectivity index (χ4v) is 3.90. The zero-order chi connectivity index (χ0) is 13.3. The molecule has 3 fully saturated rings. The van der Waals surface area contributed by atoms with Crippen LogP contribution in [0, 0.1) is 11.8 Å². The number of ether oxygens (including phenoxy) is 2. The highest BCUT2D eigenvalue weighted by atomic mass is 16.7. The molecule has 3 aliphatic rings. The van der Waals surface area contributed by atoms with Crippen LogP contribution in [0.1, 0.15) is 51.4 Å². The SMILES string of the molecule is C=CCC[C@H]1C2CC2(O)CC[C@@H]1OC1CCCCO1. The molecular weight excluding hydrogens is 240 g/mol. The summed E-state index contributed by atoms with van der Waals surface area (Å²) in [4.78, 5) is 0. The largest absolute Gasteiger partial charge is 0.390 e. The summed E-state index contributed by atoms with van der Waals surface area (Å²) in [6.45, 7) is 4.65. The lowest BCUT2D eigenvalue weighted by Crippen LogP contribution is -2.39. The Bertz CT molecular complexity index is 324. The van der Waals surface area contributed by atoms with Crippen LogP contribution >= 0.6 is 0 Å². The standard InChI is InChI=1S/C16H26O3/c1-2-3-6-12-13-11-16(13,17)9-8-14(12)19-15-7-4-5-10-18-15/h2,12-15,17H,1,3-11H2/t12-,13?,14-,15?,16?/m0/s1. The van der Waals surface area contributed by atoms with E-state index in [1.54, 1.807) is 0 Å². The van der Waals surface area contributed by atoms with Gasteiger partial charge >= 0.3 is 0 Å². The van der Waals surface area contributed by atoms with Gasteiger partial charge in [0.2, 0.25) is 0 Å². The molecule has 2 aliphatic carbocycles. The first kappa shape index (κ1) is 13.6. The first-order valence-electron chi connectivity index (χ1n) is 7.83. The Hall–Kier alpha value is -0.380. The molecule has 3 unspecified atom stereocenters. The highest BCUT2D eigenvalue weighted by Crippen LogP contribution is 2.58. The zero-order valence-electron chi connectivity index (χ0n) is 11.7. The summed E-state index contributed by atoms with van der Waals surface area (Å²) < 4.78 is 11.9. The number of fused-ring (bicyclic) bond motifs is 1. The van der Waals surface area contributed by atoms with E-state index < -0.39 is 0 Å². The fraction of sp³-hybridized carbons (Fsp3) is 0.875. The molecule has 0 aromatic carbocycles. The summed E-state index contributed by atoms with van der Waals surface area (Å²) in [5, 5.41) is 10.3. The third kappa shape index (κ3) is 2.88. The van der Waals surface area contributed by atoms with Crippen molar-refractivity contribution in [3.05, 3.63) is 12.7 Å². The van der Waals surface area contributed by atoms with Crippen molar-refractivity contribution in [2.45, 2.75) is 69.4 Å². The van der Waals surface area contributed by atoms with Gasteiger partial charge in [-0.1, -0.05) is 6.08 Å². The number of hydrogen-bond donors (Lipinski definition) is 1. The lowest BCUT2D eigenvalue weighted by molar-refractivity contribution is -0.209. The molecule has 3 rings (SSSR count). The maximum atomic E-state index is 10.3. The minimum atomic E-state index is -0.362. The molecule has 108 valence electrons. The Labute approximate surface area is 116 Å². The van der Waals surface area contributed by atoms with Crippen LogP contribution in [-0.2, 0) is 9.47 Å². The minimum absolute atomic E-state index is 0.00470. The number of rotatable bonds is 5. The van der Waals surface area contributed by atoms with E-state index in [9.17, 15) is 5.11 Å². The highest BCUT2D eigenvalue weighted by Gasteiger charge is 2.60. The molecular formula is C16H26O3. The average Bonchev–Trinajstić information content (AvgIpc) is 3.11. The van der Waals surface area contributed by atoms with Gasteiger partial charge in [-0.2, -0.15) is 0 Å². The van der Waals surface area contributed by atoms with Crippen molar-refractivity contribution in [2.75, 3.05) is 6.61 Å². The number of allylic oxidation sites excluding steroid dienone is 1. The van der Waals surface area contributed by atoms with Crippen LogP contribution in [0.2, 0.25) is 0 Å². The maximum Gasteiger partial charge on any atom is 0.157 e. The van der Waals surface area contributed by atoms with Crippen molar-refractivity contribution >= 4 is 0 Å². The summed E-state index contributed by atoms with van der Waals surface area (Å²) in [5.41, 5.74) is -0.362. The molecule has 1 heterocycles. The van der Waals surface area contributed by atoms with Gasteiger partial charge in [0.05, 0.1) is 11.7 Å². The second kappa shape index (κ2) is 5.55. The summed E-state index contributed by atoms with van der Waals surface area (Å²) >= 11 is 0. The van der Waals surface area contributed by atoms with Crippen molar-refractivity contribution in [1.29, 1.82) is 0 Å². The van der Waals surface area contributed by atoms with E-state index in [0.717, 1.165) is 51.6 Å². The first-order chi connectivity index (χ1) is 9.23. The van der Waals surface area contributed by atoms with Crippen LogP contribution in [0.5, 0.6) is 0 Å². The third-order valence-electron chi connectivity index (χ3n) is 5.13. The van der Waals surface area contributed by atoms with E-state index >= 15 is 0 Å². The predicted octanol–water partition coefficient (Wildman–Crippen LogP) is 3.03. The second-order valence-corrected chi connectivity index (χ2v) is 6.45. The molecule has 1 aliphatic heterocycles. The smallest absolute Gasteiger partial charge is 0.157 e. The number of hydrogen-bond acceptors (Lipinski definition) is 3. The van der Waals surface area contributed by atoms with E-state index in [4.69, 9.17) is 9.47 Å². The van der Waals surface area contributed by atoms with E-state index in [1.807, 2.05) is 6.08 Å². The molecule has 1 N–H and O–H groups in total. The predicted molar refractivity (Wildman–Crippen MR) is 73.7 cm³/mol. The van der Waals surface area contributed by atoms with Gasteiger partial charge in [0, 0.05) is 6.61 Å². The van der Waals surface area contributed by atoms with Crippen LogP contribution in [-0.4, -0.2) is 29.7 Å². The molecule has 3 heteroatoms. The van der Waals surface area contributed by atoms with Crippen molar-refractivity contribution in [1.82, 2.24) is 0 Å². The molecule has 1 saturated heterocycles. The number of aliphatic hydroxyl groups is 1. The van der Waals surface area contributed by atoms with Gasteiger partial charge in [0.1, 0.15) is 0 Å². The fourth-order valence-electron chi connectivity index (χ4n) is 3.90. The Kier molecular flexibility index (Phi) is 3.97. The third-order valence-corrected chi connectivity index (χ3v) is 5.13. The molecule has 3 nitrogen and oxygen atoms in total. The Balaban J connectivity index is 1.59. The van der Waals surface area contributed by atoms with Crippen LogP contribution in [0.15, 0.2) is 12.7 Å². The summed E-state index contributed by atoms with van der Waals surface area (Å²) in [7, 11) is 0. The monoisotopic (exact) mass is 266 g/mol. The Morgan fingerprint density at radius 1 is 1.37 bits per heavy atom. The quantitative estimate of drug-likeness (QED) is 0.777. The van der Waals surface area contributed by atoms with Crippen LogP contribution in [0.25, 0.3) is 0 Å². The highest BCUT2D eigenvalue weighted by molar-refractivity contribution is 5.11. The molecule has 2 saturated carbocycles. The normalized spacial score (nSPS) is 45.5. The van der Waals surface area contributed by atoms with Gasteiger partial charge in [-0.3, -0.25) is 0 Å². The van der Waals surface area contributed by atoms with E-state index in [0.29, 0.717) is 11.8 Å².